The summed E-state index contributed by atoms with van der Waals surface area (Å²) < 4.78 is 5.07. The van der Waals surface area contributed by atoms with Crippen molar-refractivity contribution >= 4 is 11.9 Å². The minimum atomic E-state index is -0.229. The van der Waals surface area contributed by atoms with Gasteiger partial charge in [0.05, 0.1) is 13.7 Å². The van der Waals surface area contributed by atoms with Crippen molar-refractivity contribution in [1.82, 2.24) is 15.2 Å². The number of rotatable bonds is 6. The molecule has 132 valence electrons. The molecule has 2 rings (SSSR count). The molecule has 24 heavy (non-hydrogen) atoms. The van der Waals surface area contributed by atoms with Gasteiger partial charge in [0.2, 0.25) is 11.8 Å². The van der Waals surface area contributed by atoms with E-state index in [1.165, 1.54) is 0 Å². The van der Waals surface area contributed by atoms with Gasteiger partial charge in [-0.05, 0) is 31.2 Å². The van der Waals surface area contributed by atoms with Crippen molar-refractivity contribution in [2.24, 2.45) is 16.6 Å². The molecule has 1 aliphatic heterocycles. The lowest BCUT2D eigenvalue weighted by atomic mass is 9.95. The number of carbonyl (C=O) groups excluding carboxylic acids is 1. The molecule has 0 radical (unpaired) electrons. The molecule has 1 saturated heterocycles. The highest BCUT2D eigenvalue weighted by Crippen LogP contribution is 2.19. The molecule has 0 spiro atoms. The van der Waals surface area contributed by atoms with Crippen LogP contribution in [-0.2, 0) is 11.3 Å². The van der Waals surface area contributed by atoms with Crippen molar-refractivity contribution in [1.29, 1.82) is 0 Å². The molecule has 1 unspecified atom stereocenters. The fraction of sp³-hybridized carbons (Fsp3) is 0.588. The van der Waals surface area contributed by atoms with E-state index in [0.717, 1.165) is 44.0 Å². The first-order valence-corrected chi connectivity index (χ1v) is 8.42. The Kier molecular flexibility index (Phi) is 6.84. The molecule has 1 amide bonds. The van der Waals surface area contributed by atoms with Crippen molar-refractivity contribution in [3.63, 3.8) is 0 Å². The lowest BCUT2D eigenvalue weighted by Gasteiger charge is -2.34. The number of carbonyl (C=O) groups is 1. The van der Waals surface area contributed by atoms with Crippen molar-refractivity contribution in [3.05, 3.63) is 23.9 Å². The maximum absolute atomic E-state index is 11.2. The normalized spacial score (nSPS) is 18.3. The zero-order valence-electron chi connectivity index (χ0n) is 14.5. The first-order chi connectivity index (χ1) is 11.6. The monoisotopic (exact) mass is 333 g/mol. The van der Waals surface area contributed by atoms with Gasteiger partial charge in [0, 0.05) is 38.3 Å². The molecule has 3 N–H and O–H groups in total. The fourth-order valence-corrected chi connectivity index (χ4v) is 2.93. The molecule has 0 aliphatic carbocycles. The van der Waals surface area contributed by atoms with Crippen LogP contribution in [0, 0.1) is 5.92 Å². The number of nitrogens with two attached hydrogens (primary N) is 1. The highest BCUT2D eigenvalue weighted by Gasteiger charge is 2.23. The number of amides is 1. The van der Waals surface area contributed by atoms with Crippen LogP contribution in [0.3, 0.4) is 0 Å². The van der Waals surface area contributed by atoms with Crippen LogP contribution in [0.25, 0.3) is 0 Å². The first kappa shape index (κ1) is 18.0. The lowest BCUT2D eigenvalue weighted by Crippen LogP contribution is -2.47. The number of aromatic nitrogens is 1. The van der Waals surface area contributed by atoms with Gasteiger partial charge in [0.25, 0.3) is 0 Å². The van der Waals surface area contributed by atoms with Gasteiger partial charge in [0.15, 0.2) is 5.96 Å². The van der Waals surface area contributed by atoms with Crippen LogP contribution in [0.5, 0.6) is 5.88 Å². The third-order valence-corrected chi connectivity index (χ3v) is 4.06. The van der Waals surface area contributed by atoms with Gasteiger partial charge < -0.3 is 20.7 Å². The van der Waals surface area contributed by atoms with E-state index in [9.17, 15) is 4.79 Å². The Labute approximate surface area is 143 Å². The summed E-state index contributed by atoms with van der Waals surface area (Å²) >= 11 is 0. The number of methoxy groups -OCH3 is 1. The van der Waals surface area contributed by atoms with Crippen LogP contribution < -0.4 is 15.8 Å². The van der Waals surface area contributed by atoms with Crippen molar-refractivity contribution in [3.8, 4) is 5.88 Å². The molecule has 0 saturated carbocycles. The standard InChI is InChI=1S/C17H27N5O2/c1-3-19-17(21-11-14-6-7-16(24-2)20-10-14)22-8-4-5-13(12-22)9-15(18)23/h6-7,10,13H,3-5,8-9,11-12H2,1-2H3,(H2,18,23)(H,19,21). The molecule has 1 aromatic rings. The number of primary amides is 1. The van der Waals surface area contributed by atoms with Gasteiger partial charge in [-0.3, -0.25) is 4.79 Å². The second-order valence-corrected chi connectivity index (χ2v) is 6.00. The van der Waals surface area contributed by atoms with E-state index in [-0.39, 0.29) is 5.91 Å². The summed E-state index contributed by atoms with van der Waals surface area (Å²) in [6.45, 7) is 5.17. The Morgan fingerprint density at radius 2 is 2.38 bits per heavy atom. The summed E-state index contributed by atoms with van der Waals surface area (Å²) in [5.74, 6) is 1.55. The number of hydrogen-bond acceptors (Lipinski definition) is 4. The summed E-state index contributed by atoms with van der Waals surface area (Å²) in [5, 5.41) is 3.33. The zero-order chi connectivity index (χ0) is 17.4. The molecule has 1 aliphatic rings. The van der Waals surface area contributed by atoms with Crippen molar-refractivity contribution in [2.45, 2.75) is 32.7 Å². The molecule has 7 heteroatoms. The Bertz CT molecular complexity index is 559. The molecule has 1 fully saturated rings. The predicted octanol–water partition coefficient (Wildman–Crippen LogP) is 1.14. The van der Waals surface area contributed by atoms with Crippen LogP contribution in [0.4, 0.5) is 0 Å². The highest BCUT2D eigenvalue weighted by molar-refractivity contribution is 5.80. The summed E-state index contributed by atoms with van der Waals surface area (Å²) in [4.78, 5) is 22.3. The van der Waals surface area contributed by atoms with Gasteiger partial charge in [0.1, 0.15) is 0 Å². The van der Waals surface area contributed by atoms with Crippen LogP contribution in [0.2, 0.25) is 0 Å². The molecule has 1 atom stereocenters. The smallest absolute Gasteiger partial charge is 0.217 e. The van der Waals surface area contributed by atoms with E-state index >= 15 is 0 Å². The molecule has 0 bridgehead atoms. The van der Waals surface area contributed by atoms with Crippen molar-refractivity contribution in [2.75, 3.05) is 26.7 Å². The number of nitrogens with one attached hydrogen (secondary N) is 1. The fourth-order valence-electron chi connectivity index (χ4n) is 2.93. The summed E-state index contributed by atoms with van der Waals surface area (Å²) in [6.07, 6.45) is 4.31. The van der Waals surface area contributed by atoms with Gasteiger partial charge in [-0.15, -0.1) is 0 Å². The molecule has 1 aromatic heterocycles. The van der Waals surface area contributed by atoms with Gasteiger partial charge in [-0.25, -0.2) is 9.98 Å². The van der Waals surface area contributed by atoms with E-state index in [2.05, 4.69) is 22.1 Å². The van der Waals surface area contributed by atoms with Crippen LogP contribution in [0.1, 0.15) is 31.7 Å². The SMILES string of the molecule is CCNC(=NCc1ccc(OC)nc1)N1CCCC(CC(N)=O)C1. The molecule has 7 nitrogen and oxygen atoms in total. The Hall–Kier alpha value is -2.31. The van der Waals surface area contributed by atoms with Gasteiger partial charge in [-0.1, -0.05) is 6.07 Å². The van der Waals surface area contributed by atoms with E-state index in [4.69, 9.17) is 15.5 Å². The Morgan fingerprint density at radius 3 is 3.00 bits per heavy atom. The topological polar surface area (TPSA) is 92.8 Å². The second-order valence-electron chi connectivity index (χ2n) is 6.00. The summed E-state index contributed by atoms with van der Waals surface area (Å²) in [6, 6.07) is 3.80. The molecular formula is C17H27N5O2. The highest BCUT2D eigenvalue weighted by atomic mass is 16.5. The Balaban J connectivity index is 2.02. The maximum Gasteiger partial charge on any atom is 0.217 e. The molecular weight excluding hydrogens is 306 g/mol. The first-order valence-electron chi connectivity index (χ1n) is 8.42. The minimum absolute atomic E-state index is 0.229. The van der Waals surface area contributed by atoms with Crippen molar-refractivity contribution < 1.29 is 9.53 Å². The molecule has 2 heterocycles. The van der Waals surface area contributed by atoms with Crippen LogP contribution in [0.15, 0.2) is 23.3 Å². The largest absolute Gasteiger partial charge is 0.481 e. The average Bonchev–Trinajstić information content (AvgIpc) is 2.58. The lowest BCUT2D eigenvalue weighted by molar-refractivity contribution is -0.119. The van der Waals surface area contributed by atoms with Gasteiger partial charge >= 0.3 is 0 Å². The zero-order valence-corrected chi connectivity index (χ0v) is 14.5. The third kappa shape index (κ3) is 5.40. The second kappa shape index (κ2) is 9.10. The summed E-state index contributed by atoms with van der Waals surface area (Å²) in [5.41, 5.74) is 6.37. The van der Waals surface area contributed by atoms with E-state index in [0.29, 0.717) is 24.8 Å². The predicted molar refractivity (Wildman–Crippen MR) is 93.7 cm³/mol. The summed E-state index contributed by atoms with van der Waals surface area (Å²) in [7, 11) is 1.60. The van der Waals surface area contributed by atoms with Crippen LogP contribution in [-0.4, -0.2) is 48.5 Å². The van der Waals surface area contributed by atoms with E-state index in [1.54, 1.807) is 13.3 Å². The van der Waals surface area contributed by atoms with Crippen LogP contribution >= 0.6 is 0 Å². The average molecular weight is 333 g/mol. The minimum Gasteiger partial charge on any atom is -0.481 e. The third-order valence-electron chi connectivity index (χ3n) is 4.06. The quantitative estimate of drug-likeness (QED) is 0.601. The van der Waals surface area contributed by atoms with Gasteiger partial charge in [-0.2, -0.15) is 0 Å². The van der Waals surface area contributed by atoms with E-state index in [1.807, 2.05) is 12.1 Å². The number of nitrogens with zero attached hydrogens (tertiary/aromatic N) is 3. The molecule has 0 aromatic carbocycles. The number of piperidine rings is 1. The Morgan fingerprint density at radius 1 is 1.54 bits per heavy atom. The number of hydrogen-bond donors (Lipinski definition) is 2. The number of guanidine groups is 1. The number of ether oxygens (including phenoxy) is 1. The maximum atomic E-state index is 11.2. The van der Waals surface area contributed by atoms with E-state index < -0.39 is 0 Å². The number of likely N-dealkylation sites (tertiary alicyclic amines) is 1. The number of aliphatic imine (C=N–C) groups is 1. The number of pyridine rings is 1.